The molecule has 84 valence electrons. The smallest absolute Gasteiger partial charge is 0.227 e. The minimum absolute atomic E-state index is 0.250. The first kappa shape index (κ1) is 10.7. The molecule has 3 atom stereocenters. The Labute approximate surface area is 92.3 Å². The molecule has 0 unspecified atom stereocenters. The van der Waals surface area contributed by atoms with Gasteiger partial charge in [0.1, 0.15) is 0 Å². The van der Waals surface area contributed by atoms with Gasteiger partial charge in [-0.1, -0.05) is 32.9 Å². The van der Waals surface area contributed by atoms with Gasteiger partial charge in [0, 0.05) is 18.5 Å². The summed E-state index contributed by atoms with van der Waals surface area (Å²) < 4.78 is 0. The lowest BCUT2D eigenvalue weighted by molar-refractivity contribution is -0.140. The number of nitrogens with zero attached hydrogens (tertiary/aromatic N) is 1. The maximum Gasteiger partial charge on any atom is 0.227 e. The van der Waals surface area contributed by atoms with Crippen LogP contribution in [0, 0.1) is 17.3 Å². The van der Waals surface area contributed by atoms with Crippen LogP contribution in [0.5, 0.6) is 0 Å². The quantitative estimate of drug-likeness (QED) is 0.605. The van der Waals surface area contributed by atoms with Crippen LogP contribution in [-0.2, 0) is 4.79 Å². The van der Waals surface area contributed by atoms with Crippen molar-refractivity contribution >= 4 is 5.91 Å². The fourth-order valence-corrected chi connectivity index (χ4v) is 2.88. The second-order valence-electron chi connectivity index (χ2n) is 6.01. The number of rotatable bonds is 1. The van der Waals surface area contributed by atoms with Crippen molar-refractivity contribution in [1.29, 1.82) is 0 Å². The lowest BCUT2D eigenvalue weighted by Crippen LogP contribution is -2.44. The topological polar surface area (TPSA) is 20.3 Å². The summed E-state index contributed by atoms with van der Waals surface area (Å²) >= 11 is 0. The first-order chi connectivity index (χ1) is 6.89. The van der Waals surface area contributed by atoms with E-state index < -0.39 is 0 Å². The molecule has 0 radical (unpaired) electrons. The summed E-state index contributed by atoms with van der Waals surface area (Å²) in [5.41, 5.74) is -0.250. The molecule has 1 amide bonds. The van der Waals surface area contributed by atoms with Crippen LogP contribution < -0.4 is 0 Å². The normalized spacial score (nSPS) is 33.5. The highest BCUT2D eigenvalue weighted by molar-refractivity contribution is 5.81. The first-order valence-corrected chi connectivity index (χ1v) is 5.85. The van der Waals surface area contributed by atoms with E-state index in [9.17, 15) is 4.79 Å². The van der Waals surface area contributed by atoms with E-state index in [1.165, 1.54) is 12.8 Å². The Kier molecular flexibility index (Phi) is 2.40. The third-order valence-electron chi connectivity index (χ3n) is 3.70. The number of hydrogen-bond acceptors (Lipinski definition) is 1. The van der Waals surface area contributed by atoms with Crippen molar-refractivity contribution in [1.82, 2.24) is 4.90 Å². The van der Waals surface area contributed by atoms with Crippen molar-refractivity contribution in [2.75, 3.05) is 7.05 Å². The van der Waals surface area contributed by atoms with Gasteiger partial charge in [-0.25, -0.2) is 0 Å². The minimum atomic E-state index is -0.250. The Morgan fingerprint density at radius 2 is 1.93 bits per heavy atom. The van der Waals surface area contributed by atoms with Gasteiger partial charge in [-0.2, -0.15) is 0 Å². The number of allylic oxidation sites excluding steroid dienone is 1. The van der Waals surface area contributed by atoms with Crippen LogP contribution in [0.1, 0.15) is 33.6 Å². The SMILES string of the molecule is CN(C(=O)C(C)(C)C)[C@H]1C[C@@H]2C=C[C@@H]1C2. The van der Waals surface area contributed by atoms with Crippen LogP contribution in [0.25, 0.3) is 0 Å². The molecule has 0 saturated heterocycles. The Morgan fingerprint density at radius 3 is 2.33 bits per heavy atom. The minimum Gasteiger partial charge on any atom is -0.342 e. The Bertz CT molecular complexity index is 300. The van der Waals surface area contributed by atoms with E-state index in [1.54, 1.807) is 0 Å². The van der Waals surface area contributed by atoms with Crippen LogP contribution in [-0.4, -0.2) is 23.9 Å². The fourth-order valence-electron chi connectivity index (χ4n) is 2.88. The van der Waals surface area contributed by atoms with Crippen LogP contribution in [0.15, 0.2) is 12.2 Å². The molecule has 0 aromatic carbocycles. The van der Waals surface area contributed by atoms with Gasteiger partial charge in [-0.05, 0) is 24.7 Å². The van der Waals surface area contributed by atoms with E-state index in [0.717, 1.165) is 5.92 Å². The molecule has 15 heavy (non-hydrogen) atoms. The average Bonchev–Trinajstić information content (AvgIpc) is 2.74. The maximum absolute atomic E-state index is 12.1. The standard InChI is InChI=1S/C13H21NO/c1-13(2,3)12(15)14(4)11-8-9-5-6-10(11)7-9/h5-6,9-11H,7-8H2,1-4H3/t9-,10-,11+/m1/s1. The molecular formula is C13H21NO. The lowest BCUT2D eigenvalue weighted by atomic mass is 9.92. The summed E-state index contributed by atoms with van der Waals surface area (Å²) in [5.74, 6) is 1.62. The zero-order chi connectivity index (χ0) is 11.2. The van der Waals surface area contributed by atoms with E-state index in [-0.39, 0.29) is 11.3 Å². The predicted molar refractivity (Wildman–Crippen MR) is 61.4 cm³/mol. The average molecular weight is 207 g/mol. The van der Waals surface area contributed by atoms with Crippen molar-refractivity contribution in [3.63, 3.8) is 0 Å². The molecule has 2 nitrogen and oxygen atoms in total. The molecule has 0 spiro atoms. The summed E-state index contributed by atoms with van der Waals surface area (Å²) in [6, 6.07) is 0.451. The first-order valence-electron chi connectivity index (χ1n) is 5.85. The van der Waals surface area contributed by atoms with Crippen LogP contribution in [0.3, 0.4) is 0 Å². The van der Waals surface area contributed by atoms with E-state index >= 15 is 0 Å². The third-order valence-corrected chi connectivity index (χ3v) is 3.70. The van der Waals surface area contributed by atoms with E-state index in [4.69, 9.17) is 0 Å². The second-order valence-corrected chi connectivity index (χ2v) is 6.01. The monoisotopic (exact) mass is 207 g/mol. The molecule has 1 fully saturated rings. The van der Waals surface area contributed by atoms with Gasteiger partial charge in [-0.15, -0.1) is 0 Å². The van der Waals surface area contributed by atoms with E-state index in [0.29, 0.717) is 12.0 Å². The molecule has 0 aliphatic heterocycles. The summed E-state index contributed by atoms with van der Waals surface area (Å²) in [6.07, 6.45) is 7.04. The molecule has 2 heteroatoms. The van der Waals surface area contributed by atoms with Crippen molar-refractivity contribution in [3.8, 4) is 0 Å². The van der Waals surface area contributed by atoms with Gasteiger partial charge in [0.15, 0.2) is 0 Å². The van der Waals surface area contributed by atoms with Gasteiger partial charge < -0.3 is 4.90 Å². The van der Waals surface area contributed by atoms with Gasteiger partial charge in [0.05, 0.1) is 0 Å². The second kappa shape index (κ2) is 3.36. The zero-order valence-corrected chi connectivity index (χ0v) is 10.2. The molecule has 0 aromatic rings. The van der Waals surface area contributed by atoms with E-state index in [1.807, 2.05) is 32.7 Å². The largest absolute Gasteiger partial charge is 0.342 e. The predicted octanol–water partition coefficient (Wildman–Crippen LogP) is 2.46. The molecule has 1 saturated carbocycles. The van der Waals surface area contributed by atoms with Crippen molar-refractivity contribution in [2.45, 2.75) is 39.7 Å². The van der Waals surface area contributed by atoms with E-state index in [2.05, 4.69) is 12.2 Å². The number of carbonyl (C=O) groups excluding carboxylic acids is 1. The highest BCUT2D eigenvalue weighted by Gasteiger charge is 2.41. The molecule has 0 heterocycles. The summed E-state index contributed by atoms with van der Waals surface area (Å²) in [5, 5.41) is 0. The summed E-state index contributed by atoms with van der Waals surface area (Å²) in [7, 11) is 1.97. The molecular weight excluding hydrogens is 186 g/mol. The van der Waals surface area contributed by atoms with Gasteiger partial charge in [0.25, 0.3) is 0 Å². The summed E-state index contributed by atoms with van der Waals surface area (Å²) in [6.45, 7) is 5.98. The van der Waals surface area contributed by atoms with Gasteiger partial charge in [-0.3, -0.25) is 4.79 Å². The molecule has 0 aromatic heterocycles. The van der Waals surface area contributed by atoms with Crippen molar-refractivity contribution < 1.29 is 4.79 Å². The molecule has 2 bridgehead atoms. The van der Waals surface area contributed by atoms with Crippen molar-refractivity contribution in [2.24, 2.45) is 17.3 Å². The number of fused-ring (bicyclic) bond motifs is 2. The van der Waals surface area contributed by atoms with Crippen LogP contribution in [0.4, 0.5) is 0 Å². The Morgan fingerprint density at radius 1 is 1.27 bits per heavy atom. The molecule has 2 rings (SSSR count). The third kappa shape index (κ3) is 1.82. The Balaban J connectivity index is 2.06. The molecule has 2 aliphatic rings. The van der Waals surface area contributed by atoms with Gasteiger partial charge >= 0.3 is 0 Å². The highest BCUT2D eigenvalue weighted by atomic mass is 16.2. The molecule has 2 aliphatic carbocycles. The number of amides is 1. The summed E-state index contributed by atoms with van der Waals surface area (Å²) in [4.78, 5) is 14.1. The van der Waals surface area contributed by atoms with Crippen molar-refractivity contribution in [3.05, 3.63) is 12.2 Å². The zero-order valence-electron chi connectivity index (χ0n) is 10.2. The Hall–Kier alpha value is -0.790. The van der Waals surface area contributed by atoms with Gasteiger partial charge in [0.2, 0.25) is 5.91 Å². The number of hydrogen-bond donors (Lipinski definition) is 0. The number of carbonyl (C=O) groups is 1. The fraction of sp³-hybridized carbons (Fsp3) is 0.769. The van der Waals surface area contributed by atoms with Crippen LogP contribution >= 0.6 is 0 Å². The lowest BCUT2D eigenvalue weighted by Gasteiger charge is -2.34. The maximum atomic E-state index is 12.1. The van der Waals surface area contributed by atoms with Crippen LogP contribution in [0.2, 0.25) is 0 Å². The molecule has 0 N–H and O–H groups in total. The highest BCUT2D eigenvalue weighted by Crippen LogP contribution is 2.42.